The monoisotopic (exact) mass is 490 g/mol. The minimum absolute atomic E-state index is 0.0750. The van der Waals surface area contributed by atoms with E-state index >= 15 is 0 Å². The number of hydrogen-bond acceptors (Lipinski definition) is 6. The molecule has 1 spiro atoms. The highest BCUT2D eigenvalue weighted by atomic mass is 16.7. The highest BCUT2D eigenvalue weighted by molar-refractivity contribution is 6.36. The molecule has 0 radical (unpaired) electrons. The number of hydrogen-bond donors (Lipinski definition) is 0. The number of allylic oxidation sites excluding steroid dienone is 5. The van der Waals surface area contributed by atoms with Crippen molar-refractivity contribution in [1.82, 2.24) is 0 Å². The third-order valence-corrected chi connectivity index (χ3v) is 8.35. The maximum Gasteiger partial charge on any atom is 0.216 e. The molecule has 0 aliphatic heterocycles. The van der Waals surface area contributed by atoms with Gasteiger partial charge in [-0.3, -0.25) is 9.59 Å². The van der Waals surface area contributed by atoms with Crippen molar-refractivity contribution in [2.75, 3.05) is 27.9 Å². The van der Waals surface area contributed by atoms with E-state index in [1.165, 1.54) is 20.3 Å². The van der Waals surface area contributed by atoms with E-state index in [4.69, 9.17) is 18.9 Å². The molecule has 0 saturated carbocycles. The molecule has 190 valence electrons. The zero-order valence-corrected chi connectivity index (χ0v) is 21.9. The fourth-order valence-electron chi connectivity index (χ4n) is 6.27. The maximum absolute atomic E-state index is 14.2. The fourth-order valence-corrected chi connectivity index (χ4v) is 6.27. The summed E-state index contributed by atoms with van der Waals surface area (Å²) in [6, 6.07) is 1.83. The number of carbonyl (C=O) groups excluding carboxylic acids is 2. The van der Waals surface area contributed by atoms with Crippen LogP contribution in [0.4, 0.5) is 0 Å². The molecule has 1 atom stereocenters. The van der Waals surface area contributed by atoms with Crippen LogP contribution in [0.1, 0.15) is 67.9 Å². The third-order valence-electron chi connectivity index (χ3n) is 8.35. The van der Waals surface area contributed by atoms with Crippen LogP contribution in [0.25, 0.3) is 5.57 Å². The molecule has 6 nitrogen and oxygen atoms in total. The summed E-state index contributed by atoms with van der Waals surface area (Å²) < 4.78 is 23.9. The van der Waals surface area contributed by atoms with Crippen LogP contribution in [0.5, 0.6) is 11.5 Å². The number of methoxy groups -OCH3 is 3. The van der Waals surface area contributed by atoms with Gasteiger partial charge in [-0.15, -0.1) is 0 Å². The Bertz CT molecular complexity index is 1270. The van der Waals surface area contributed by atoms with Crippen molar-refractivity contribution in [1.29, 1.82) is 0 Å². The molecule has 1 unspecified atom stereocenters. The summed E-state index contributed by atoms with van der Waals surface area (Å²) in [7, 11) is 4.70. The number of ketones is 2. The van der Waals surface area contributed by atoms with Crippen molar-refractivity contribution in [3.8, 4) is 11.5 Å². The van der Waals surface area contributed by atoms with Gasteiger partial charge in [0.05, 0.1) is 24.9 Å². The minimum Gasteiger partial charge on any atom is -0.496 e. The van der Waals surface area contributed by atoms with Gasteiger partial charge in [-0.05, 0) is 42.4 Å². The van der Waals surface area contributed by atoms with Gasteiger partial charge < -0.3 is 18.9 Å². The highest BCUT2D eigenvalue weighted by Gasteiger charge is 2.57. The van der Waals surface area contributed by atoms with Crippen molar-refractivity contribution in [3.05, 3.63) is 64.3 Å². The molecule has 0 amide bonds. The molecule has 0 saturated heterocycles. The summed E-state index contributed by atoms with van der Waals surface area (Å²) in [5.41, 5.74) is 2.69. The van der Waals surface area contributed by atoms with E-state index in [0.717, 1.165) is 42.4 Å². The van der Waals surface area contributed by atoms with E-state index in [2.05, 4.69) is 39.0 Å². The number of ether oxygens (including phenoxy) is 4. The molecule has 4 aliphatic rings. The Labute approximate surface area is 212 Å². The molecule has 4 aliphatic carbocycles. The second kappa shape index (κ2) is 8.56. The van der Waals surface area contributed by atoms with Crippen molar-refractivity contribution in [2.45, 2.75) is 57.7 Å². The molecule has 1 aromatic rings. The van der Waals surface area contributed by atoms with E-state index in [0.29, 0.717) is 29.2 Å². The van der Waals surface area contributed by atoms with E-state index < -0.39 is 11.2 Å². The molecule has 6 heteroatoms. The van der Waals surface area contributed by atoms with Gasteiger partial charge in [0.25, 0.3) is 0 Å². The first kappa shape index (κ1) is 24.7. The summed E-state index contributed by atoms with van der Waals surface area (Å²) in [6.45, 7) is 7.04. The lowest BCUT2D eigenvalue weighted by Gasteiger charge is -2.45. The maximum atomic E-state index is 14.2. The smallest absolute Gasteiger partial charge is 0.216 e. The number of Topliss-reactive ketones (excluding diaryl/α,β-unsaturated/α-hetero) is 1. The second-order valence-electron chi connectivity index (χ2n) is 10.5. The zero-order chi connectivity index (χ0) is 25.9. The Morgan fingerprint density at radius 3 is 2.39 bits per heavy atom. The van der Waals surface area contributed by atoms with Crippen LogP contribution >= 0.6 is 0 Å². The van der Waals surface area contributed by atoms with E-state index in [9.17, 15) is 9.59 Å². The van der Waals surface area contributed by atoms with Crippen molar-refractivity contribution < 1.29 is 28.5 Å². The lowest BCUT2D eigenvalue weighted by molar-refractivity contribution is -0.141. The average molecular weight is 491 g/mol. The van der Waals surface area contributed by atoms with Crippen LogP contribution in [0.15, 0.2) is 47.6 Å². The summed E-state index contributed by atoms with van der Waals surface area (Å²) in [6.07, 6.45) is 13.3. The normalized spacial score (nSPS) is 24.7. The van der Waals surface area contributed by atoms with Gasteiger partial charge in [-0.1, -0.05) is 45.4 Å². The number of carbonyl (C=O) groups is 2. The first-order chi connectivity index (χ1) is 17.2. The van der Waals surface area contributed by atoms with E-state index in [1.54, 1.807) is 13.2 Å². The Hall–Kier alpha value is -2.96. The van der Waals surface area contributed by atoms with Crippen LogP contribution in [0, 0.1) is 5.41 Å². The first-order valence-electron chi connectivity index (χ1n) is 12.6. The van der Waals surface area contributed by atoms with Gasteiger partial charge in [-0.2, -0.15) is 0 Å². The largest absolute Gasteiger partial charge is 0.496 e. The molecule has 1 aromatic carbocycles. The van der Waals surface area contributed by atoms with Gasteiger partial charge >= 0.3 is 0 Å². The van der Waals surface area contributed by atoms with Crippen LogP contribution in [-0.2, 0) is 19.7 Å². The topological polar surface area (TPSA) is 71.1 Å². The standard InChI is InChI=1S/C30H34O6/c1-7-8-15-36-20-16-21(33-4)26-22-18(17-29(26)13-10-9-12-28(29,2)3)25-23(27(32)24(20)22)19(31)11-14-30(25,34-5)35-6/h10-11,13-14,16-17H,7-9,12,15H2,1-6H3. The van der Waals surface area contributed by atoms with Gasteiger partial charge in [0, 0.05) is 42.4 Å². The lowest BCUT2D eigenvalue weighted by Crippen LogP contribution is -2.41. The average Bonchev–Trinajstić information content (AvgIpc) is 3.21. The Morgan fingerprint density at radius 2 is 1.75 bits per heavy atom. The van der Waals surface area contributed by atoms with Crippen LogP contribution < -0.4 is 9.47 Å². The number of fused-ring (bicyclic) bond motifs is 2. The molecule has 0 bridgehead atoms. The molecule has 36 heavy (non-hydrogen) atoms. The molecule has 0 aromatic heterocycles. The fraction of sp³-hybridized carbons (Fsp3) is 0.467. The van der Waals surface area contributed by atoms with Gasteiger partial charge in [0.15, 0.2) is 5.78 Å². The molecular weight excluding hydrogens is 456 g/mol. The van der Waals surface area contributed by atoms with Crippen molar-refractivity contribution in [2.24, 2.45) is 5.41 Å². The Kier molecular flexibility index (Phi) is 5.88. The van der Waals surface area contributed by atoms with E-state index in [-0.39, 0.29) is 22.6 Å². The van der Waals surface area contributed by atoms with Crippen molar-refractivity contribution >= 4 is 17.1 Å². The van der Waals surface area contributed by atoms with Crippen LogP contribution in [-0.4, -0.2) is 45.3 Å². The number of benzene rings is 1. The summed E-state index contributed by atoms with van der Waals surface area (Å²) in [4.78, 5) is 27.5. The van der Waals surface area contributed by atoms with Gasteiger partial charge in [0.2, 0.25) is 11.6 Å². The Balaban J connectivity index is 1.91. The number of unbranched alkanes of at least 4 members (excludes halogenated alkanes) is 1. The highest BCUT2D eigenvalue weighted by Crippen LogP contribution is 2.63. The zero-order valence-electron chi connectivity index (χ0n) is 21.9. The predicted octanol–water partition coefficient (Wildman–Crippen LogP) is 5.51. The molecule has 5 rings (SSSR count). The molecular formula is C30H34O6. The van der Waals surface area contributed by atoms with Crippen LogP contribution in [0.3, 0.4) is 0 Å². The molecule has 0 N–H and O–H groups in total. The Morgan fingerprint density at radius 1 is 1.00 bits per heavy atom. The third kappa shape index (κ3) is 3.10. The summed E-state index contributed by atoms with van der Waals surface area (Å²) in [5, 5.41) is 0. The predicted molar refractivity (Wildman–Crippen MR) is 137 cm³/mol. The number of rotatable bonds is 7. The van der Waals surface area contributed by atoms with Gasteiger partial charge in [0.1, 0.15) is 11.5 Å². The van der Waals surface area contributed by atoms with Crippen molar-refractivity contribution in [3.63, 3.8) is 0 Å². The van der Waals surface area contributed by atoms with Gasteiger partial charge in [-0.25, -0.2) is 0 Å². The summed E-state index contributed by atoms with van der Waals surface area (Å²) >= 11 is 0. The quantitative estimate of drug-likeness (QED) is 0.217. The van der Waals surface area contributed by atoms with E-state index in [1.807, 2.05) is 6.07 Å². The lowest BCUT2D eigenvalue weighted by atomic mass is 9.58. The van der Waals surface area contributed by atoms with Crippen LogP contribution in [0.2, 0.25) is 0 Å². The minimum atomic E-state index is -1.36. The molecule has 0 fully saturated rings. The SMILES string of the molecule is CCCCOc1cc(OC)c2c3c1C(=O)C1=C(C3=CC23C=CCCC3(C)C)C(OC)(OC)C=CC1=O. The first-order valence-corrected chi connectivity index (χ1v) is 12.6. The second-order valence-corrected chi connectivity index (χ2v) is 10.5. The summed E-state index contributed by atoms with van der Waals surface area (Å²) in [5.74, 6) is -0.974. The molecule has 0 heterocycles.